The summed E-state index contributed by atoms with van der Waals surface area (Å²) in [4.78, 5) is 0. The van der Waals surface area contributed by atoms with Gasteiger partial charge in [-0.05, 0) is 150 Å². The van der Waals surface area contributed by atoms with E-state index in [1.807, 2.05) is 0 Å². The normalized spacial score (nSPS) is 17.0. The molecule has 0 spiro atoms. The van der Waals surface area contributed by atoms with Gasteiger partial charge in [0.15, 0.2) is 0 Å². The van der Waals surface area contributed by atoms with Crippen molar-refractivity contribution in [3.8, 4) is 44.9 Å². The van der Waals surface area contributed by atoms with Crippen LogP contribution in [0.3, 0.4) is 0 Å². The number of hydrogen-bond acceptors (Lipinski definition) is 2. The lowest BCUT2D eigenvalue weighted by molar-refractivity contribution is 0.173. The van der Waals surface area contributed by atoms with Crippen molar-refractivity contribution in [1.82, 2.24) is 0 Å². The third-order valence-corrected chi connectivity index (χ3v) is 13.6. The Balaban J connectivity index is 1.00. The molecular formula is C58H50O2. The molecule has 9 aromatic carbocycles. The maximum Gasteiger partial charge on any atom is 0.127 e. The highest BCUT2D eigenvalue weighted by atomic mass is 16.5. The van der Waals surface area contributed by atoms with Crippen LogP contribution in [0, 0.1) is 11.8 Å². The molecule has 0 unspecified atom stereocenters. The first-order valence-electron chi connectivity index (χ1n) is 22.1. The third kappa shape index (κ3) is 7.09. The Morgan fingerprint density at radius 1 is 0.433 bits per heavy atom. The van der Waals surface area contributed by atoms with E-state index in [2.05, 4.69) is 177 Å². The molecule has 1 saturated carbocycles. The van der Waals surface area contributed by atoms with Crippen LogP contribution in [-0.2, 0) is 6.42 Å². The Morgan fingerprint density at radius 2 is 0.883 bits per heavy atom. The Bertz CT molecular complexity index is 2850. The molecule has 1 heterocycles. The molecule has 0 atom stereocenters. The molecule has 1 aliphatic carbocycles. The van der Waals surface area contributed by atoms with Gasteiger partial charge in [0.2, 0.25) is 0 Å². The van der Waals surface area contributed by atoms with Crippen molar-refractivity contribution in [2.45, 2.75) is 51.4 Å². The van der Waals surface area contributed by atoms with E-state index in [-0.39, 0.29) is 5.92 Å². The zero-order chi connectivity index (χ0) is 40.0. The van der Waals surface area contributed by atoms with Crippen molar-refractivity contribution in [2.24, 2.45) is 11.8 Å². The van der Waals surface area contributed by atoms with Gasteiger partial charge in [0.05, 0.1) is 13.2 Å². The number of rotatable bonds is 6. The fraction of sp³-hybridized carbons (Fsp3) is 0.207. The summed E-state index contributed by atoms with van der Waals surface area (Å²) in [5.41, 5.74) is 9.87. The highest BCUT2D eigenvalue weighted by Crippen LogP contribution is 2.48. The van der Waals surface area contributed by atoms with E-state index in [0.29, 0.717) is 19.1 Å². The molecule has 2 nitrogen and oxygen atoms in total. The van der Waals surface area contributed by atoms with E-state index < -0.39 is 0 Å². The van der Waals surface area contributed by atoms with E-state index in [0.717, 1.165) is 52.2 Å². The van der Waals surface area contributed by atoms with Gasteiger partial charge in [-0.1, -0.05) is 153 Å². The van der Waals surface area contributed by atoms with Crippen molar-refractivity contribution in [1.29, 1.82) is 0 Å². The van der Waals surface area contributed by atoms with Gasteiger partial charge in [-0.15, -0.1) is 0 Å². The smallest absolute Gasteiger partial charge is 0.127 e. The predicted molar refractivity (Wildman–Crippen MR) is 252 cm³/mol. The minimum Gasteiger partial charge on any atom is -0.492 e. The van der Waals surface area contributed by atoms with E-state index in [1.54, 1.807) is 0 Å². The Morgan fingerprint density at radius 3 is 1.40 bits per heavy atom. The lowest BCUT2D eigenvalue weighted by Gasteiger charge is -2.26. The zero-order valence-electron chi connectivity index (χ0n) is 34.4. The van der Waals surface area contributed by atoms with Gasteiger partial charge in [0.1, 0.15) is 11.5 Å². The molecule has 1 fully saturated rings. The number of hydrogen-bond donors (Lipinski definition) is 0. The Labute approximate surface area is 353 Å². The van der Waals surface area contributed by atoms with Crippen molar-refractivity contribution < 1.29 is 9.47 Å². The van der Waals surface area contributed by atoms with Gasteiger partial charge in [0, 0.05) is 17.0 Å². The zero-order valence-corrected chi connectivity index (χ0v) is 34.4. The molecule has 0 bridgehead atoms. The number of fused-ring (bicyclic) bond motifs is 9. The second-order valence-corrected chi connectivity index (χ2v) is 17.6. The molecule has 0 amide bonds. The van der Waals surface area contributed by atoms with Crippen molar-refractivity contribution in [3.05, 3.63) is 181 Å². The maximum atomic E-state index is 7.02. The minimum absolute atomic E-state index is 0.225. The first kappa shape index (κ1) is 36.7. The molecule has 9 aromatic rings. The summed E-state index contributed by atoms with van der Waals surface area (Å²) < 4.78 is 14.0. The van der Waals surface area contributed by atoms with Gasteiger partial charge in [-0.25, -0.2) is 0 Å². The van der Waals surface area contributed by atoms with Crippen molar-refractivity contribution in [3.63, 3.8) is 0 Å². The van der Waals surface area contributed by atoms with Crippen LogP contribution in [0.4, 0.5) is 0 Å². The van der Waals surface area contributed by atoms with E-state index in [4.69, 9.17) is 9.47 Å². The lowest BCUT2D eigenvalue weighted by Crippen LogP contribution is -2.20. The molecule has 0 saturated heterocycles. The maximum absolute atomic E-state index is 7.02. The predicted octanol–water partition coefficient (Wildman–Crippen LogP) is 15.6. The van der Waals surface area contributed by atoms with Crippen LogP contribution in [-0.4, -0.2) is 13.2 Å². The van der Waals surface area contributed by atoms with Crippen LogP contribution in [0.25, 0.3) is 76.5 Å². The van der Waals surface area contributed by atoms with Crippen molar-refractivity contribution in [2.75, 3.05) is 13.2 Å². The van der Waals surface area contributed by atoms with Crippen molar-refractivity contribution >= 4 is 43.1 Å². The summed E-state index contributed by atoms with van der Waals surface area (Å²) >= 11 is 0. The van der Waals surface area contributed by atoms with Crippen LogP contribution in [0.2, 0.25) is 0 Å². The monoisotopic (exact) mass is 778 g/mol. The quantitative estimate of drug-likeness (QED) is 0.167. The average molecular weight is 779 g/mol. The van der Waals surface area contributed by atoms with Gasteiger partial charge in [-0.2, -0.15) is 0 Å². The van der Waals surface area contributed by atoms with Gasteiger partial charge in [-0.3, -0.25) is 0 Å². The molecule has 294 valence electrons. The Kier molecular flexibility index (Phi) is 9.57. The minimum atomic E-state index is 0.225. The van der Waals surface area contributed by atoms with E-state index in [9.17, 15) is 0 Å². The summed E-state index contributed by atoms with van der Waals surface area (Å²) in [6.45, 7) is 3.59. The van der Waals surface area contributed by atoms with E-state index in [1.165, 1.54) is 91.4 Å². The van der Waals surface area contributed by atoms with Crippen LogP contribution >= 0.6 is 0 Å². The molecule has 1 aliphatic heterocycles. The third-order valence-electron chi connectivity index (χ3n) is 13.6. The van der Waals surface area contributed by atoms with Crippen LogP contribution in [0.15, 0.2) is 170 Å². The molecule has 0 aromatic heterocycles. The lowest BCUT2D eigenvalue weighted by atomic mass is 9.79. The number of benzene rings is 9. The number of aryl methyl sites for hydroxylation is 1. The summed E-state index contributed by atoms with van der Waals surface area (Å²) in [7, 11) is 0. The molecule has 60 heavy (non-hydrogen) atoms. The van der Waals surface area contributed by atoms with Gasteiger partial charge < -0.3 is 9.47 Å². The van der Waals surface area contributed by atoms with Gasteiger partial charge >= 0.3 is 0 Å². The fourth-order valence-corrected chi connectivity index (χ4v) is 10.0. The summed E-state index contributed by atoms with van der Waals surface area (Å²) in [6, 6.07) is 62.9. The molecule has 0 radical (unpaired) electrons. The Hall–Kier alpha value is -6.38. The first-order valence-corrected chi connectivity index (χ1v) is 22.1. The van der Waals surface area contributed by atoms with E-state index >= 15 is 0 Å². The van der Waals surface area contributed by atoms with Crippen LogP contribution in [0.1, 0.15) is 56.1 Å². The fourth-order valence-electron chi connectivity index (χ4n) is 10.0. The summed E-state index contributed by atoms with van der Waals surface area (Å²) in [6.07, 6.45) is 7.33. The molecule has 2 heteroatoms. The molecule has 11 rings (SSSR count). The molecular weight excluding hydrogens is 729 g/mol. The van der Waals surface area contributed by atoms with Crippen LogP contribution in [0.5, 0.6) is 11.5 Å². The largest absolute Gasteiger partial charge is 0.492 e. The second-order valence-electron chi connectivity index (χ2n) is 17.6. The highest BCUT2D eigenvalue weighted by molar-refractivity contribution is 6.11. The number of ether oxygens (including phenoxy) is 2. The van der Waals surface area contributed by atoms with Gasteiger partial charge in [0.25, 0.3) is 0 Å². The molecule has 0 N–H and O–H groups in total. The summed E-state index contributed by atoms with van der Waals surface area (Å²) in [5.74, 6) is 3.62. The molecule has 2 aliphatic rings. The average Bonchev–Trinajstić information content (AvgIpc) is 3.38. The topological polar surface area (TPSA) is 18.5 Å². The SMILES string of the molecule is CC1CCC(c2ccc(CCC3COc4ccc5ccc(-c6ccc7ccccc7c6)cc5c4-c4c(ccc5ccc(-c6ccc7ccccc7c6)cc45)OC3)cc2)CC1. The highest BCUT2D eigenvalue weighted by Gasteiger charge is 2.25. The van der Waals surface area contributed by atoms with Crippen LogP contribution < -0.4 is 9.47 Å². The second kappa shape index (κ2) is 15.7. The summed E-state index contributed by atoms with van der Waals surface area (Å²) in [5, 5.41) is 9.66. The first-order chi connectivity index (χ1) is 29.6. The standard InChI is InChI=1S/C58H50O2/c1-38-10-16-43(17-11-38)44-18-14-39(15-19-44)12-13-40-36-59-55-30-28-45-22-26-51(49-24-20-41-6-2-4-8-47(41)32-49)34-53(45)57(55)58-54-35-52(27-23-46(54)29-31-56(58)60-37-40)50-25-21-42-7-3-5-9-48(42)33-50/h2-9,14-15,18-35,38,40,43H,10-13,16-17,36-37H2,1H3.